The van der Waals surface area contributed by atoms with Crippen molar-refractivity contribution < 1.29 is 9.50 Å². The highest BCUT2D eigenvalue weighted by Gasteiger charge is 2.28. The van der Waals surface area contributed by atoms with Gasteiger partial charge in [0.2, 0.25) is 0 Å². The van der Waals surface area contributed by atoms with Crippen LogP contribution in [0.2, 0.25) is 0 Å². The number of aliphatic hydroxyl groups excluding tert-OH is 1. The van der Waals surface area contributed by atoms with Gasteiger partial charge in [-0.1, -0.05) is 22.4 Å². The zero-order valence-corrected chi connectivity index (χ0v) is 9.30. The fourth-order valence-electron chi connectivity index (χ4n) is 2.10. The third kappa shape index (κ3) is 1.84. The van der Waals surface area contributed by atoms with Gasteiger partial charge < -0.3 is 5.11 Å². The molecule has 1 fully saturated rings. The molecule has 0 bridgehead atoms. The van der Waals surface area contributed by atoms with Gasteiger partial charge in [-0.2, -0.15) is 0 Å². The minimum atomic E-state index is -0.376. The molecule has 1 aromatic rings. The van der Waals surface area contributed by atoms with Crippen molar-refractivity contribution in [3.63, 3.8) is 0 Å². The Morgan fingerprint density at radius 2 is 2.14 bits per heavy atom. The Morgan fingerprint density at radius 1 is 1.36 bits per heavy atom. The molecule has 0 heterocycles. The Bertz CT molecular complexity index is 340. The second-order valence-electron chi connectivity index (χ2n) is 3.77. The van der Waals surface area contributed by atoms with Crippen LogP contribution in [-0.2, 0) is 0 Å². The van der Waals surface area contributed by atoms with E-state index in [1.54, 1.807) is 12.1 Å². The molecule has 14 heavy (non-hydrogen) atoms. The Kier molecular flexibility index (Phi) is 2.88. The van der Waals surface area contributed by atoms with Crippen molar-refractivity contribution in [1.29, 1.82) is 0 Å². The van der Waals surface area contributed by atoms with Crippen molar-refractivity contribution in [3.05, 3.63) is 34.1 Å². The number of aliphatic hydroxyl groups is 1. The van der Waals surface area contributed by atoms with Crippen LogP contribution in [0.15, 0.2) is 22.7 Å². The van der Waals surface area contributed by atoms with Crippen molar-refractivity contribution in [3.8, 4) is 0 Å². The molecule has 3 heteroatoms. The van der Waals surface area contributed by atoms with Crippen LogP contribution in [0.5, 0.6) is 0 Å². The average Bonchev–Trinajstić information content (AvgIpc) is 2.56. The van der Waals surface area contributed by atoms with Gasteiger partial charge in [0.05, 0.1) is 6.10 Å². The van der Waals surface area contributed by atoms with Crippen LogP contribution in [0.1, 0.15) is 30.7 Å². The summed E-state index contributed by atoms with van der Waals surface area (Å²) in [6.07, 6.45) is 2.28. The molecule has 0 spiro atoms. The molecule has 1 aromatic carbocycles. The van der Waals surface area contributed by atoms with Gasteiger partial charge >= 0.3 is 0 Å². The molecule has 1 aliphatic carbocycles. The minimum absolute atomic E-state index is 0.0208. The van der Waals surface area contributed by atoms with Crippen LogP contribution in [0.3, 0.4) is 0 Å². The molecule has 1 aliphatic rings. The quantitative estimate of drug-likeness (QED) is 0.821. The van der Waals surface area contributed by atoms with Crippen LogP contribution in [0, 0.1) is 5.82 Å². The maximum absolute atomic E-state index is 13.5. The summed E-state index contributed by atoms with van der Waals surface area (Å²) >= 11 is 3.32. The summed E-state index contributed by atoms with van der Waals surface area (Å²) in [7, 11) is 0. The van der Waals surface area contributed by atoms with Gasteiger partial charge in [0, 0.05) is 10.4 Å². The lowest BCUT2D eigenvalue weighted by Crippen LogP contribution is -2.12. The van der Waals surface area contributed by atoms with Gasteiger partial charge in [-0.3, -0.25) is 0 Å². The number of benzene rings is 1. The molecule has 2 rings (SSSR count). The van der Waals surface area contributed by atoms with Gasteiger partial charge in [0.25, 0.3) is 0 Å². The summed E-state index contributed by atoms with van der Waals surface area (Å²) in [5.41, 5.74) is 0.643. The Morgan fingerprint density at radius 3 is 2.79 bits per heavy atom. The van der Waals surface area contributed by atoms with E-state index in [-0.39, 0.29) is 17.8 Å². The van der Waals surface area contributed by atoms with Crippen LogP contribution < -0.4 is 0 Å². The van der Waals surface area contributed by atoms with E-state index in [1.165, 1.54) is 6.07 Å². The number of rotatable bonds is 1. The van der Waals surface area contributed by atoms with E-state index in [9.17, 15) is 9.50 Å². The highest BCUT2D eigenvalue weighted by atomic mass is 79.9. The molecule has 0 saturated heterocycles. The number of hydrogen-bond donors (Lipinski definition) is 1. The third-order valence-electron chi connectivity index (χ3n) is 2.84. The first kappa shape index (κ1) is 10.1. The monoisotopic (exact) mass is 258 g/mol. The predicted molar refractivity (Wildman–Crippen MR) is 56.7 cm³/mol. The fraction of sp³-hybridized carbons (Fsp3) is 0.455. The van der Waals surface area contributed by atoms with Crippen molar-refractivity contribution in [2.45, 2.75) is 31.3 Å². The largest absolute Gasteiger partial charge is 0.392 e. The van der Waals surface area contributed by atoms with E-state index in [0.29, 0.717) is 5.56 Å². The predicted octanol–water partition coefficient (Wildman–Crippen LogP) is 3.22. The van der Waals surface area contributed by atoms with Crippen molar-refractivity contribution in [2.24, 2.45) is 0 Å². The van der Waals surface area contributed by atoms with Crippen molar-refractivity contribution in [1.82, 2.24) is 0 Å². The van der Waals surface area contributed by atoms with Gasteiger partial charge in [-0.05, 0) is 36.6 Å². The molecule has 2 atom stereocenters. The molecule has 2 unspecified atom stereocenters. The first-order chi connectivity index (χ1) is 6.68. The van der Waals surface area contributed by atoms with Gasteiger partial charge in [-0.25, -0.2) is 4.39 Å². The maximum atomic E-state index is 13.5. The third-order valence-corrected chi connectivity index (χ3v) is 3.33. The van der Waals surface area contributed by atoms with Gasteiger partial charge in [-0.15, -0.1) is 0 Å². The Balaban J connectivity index is 2.34. The van der Waals surface area contributed by atoms with Crippen LogP contribution in [-0.4, -0.2) is 11.2 Å². The molecule has 1 N–H and O–H groups in total. The molecule has 0 amide bonds. The van der Waals surface area contributed by atoms with Crippen LogP contribution >= 0.6 is 15.9 Å². The fourth-order valence-corrected chi connectivity index (χ4v) is 2.48. The normalized spacial score (nSPS) is 26.8. The zero-order chi connectivity index (χ0) is 10.1. The number of halogens is 2. The number of hydrogen-bond acceptors (Lipinski definition) is 1. The van der Waals surface area contributed by atoms with Crippen LogP contribution in [0.25, 0.3) is 0 Å². The van der Waals surface area contributed by atoms with E-state index < -0.39 is 0 Å². The van der Waals surface area contributed by atoms with Crippen molar-refractivity contribution >= 4 is 15.9 Å². The standard InChI is InChI=1S/C11H12BrFO/c12-7-4-5-10(13)9(6-7)8-2-1-3-11(8)14/h4-6,8,11,14H,1-3H2. The summed E-state index contributed by atoms with van der Waals surface area (Å²) in [4.78, 5) is 0. The maximum Gasteiger partial charge on any atom is 0.126 e. The summed E-state index contributed by atoms with van der Waals surface area (Å²) in [5, 5.41) is 9.68. The van der Waals surface area contributed by atoms with E-state index in [1.807, 2.05) is 0 Å². The Hall–Kier alpha value is -0.410. The highest BCUT2D eigenvalue weighted by Crippen LogP contribution is 2.36. The first-order valence-corrected chi connectivity index (χ1v) is 5.61. The first-order valence-electron chi connectivity index (χ1n) is 4.81. The topological polar surface area (TPSA) is 20.2 Å². The molecular formula is C11H12BrFO. The second-order valence-corrected chi connectivity index (χ2v) is 4.69. The van der Waals surface area contributed by atoms with E-state index in [2.05, 4.69) is 15.9 Å². The average molecular weight is 259 g/mol. The molecule has 0 radical (unpaired) electrons. The highest BCUT2D eigenvalue weighted by molar-refractivity contribution is 9.10. The smallest absolute Gasteiger partial charge is 0.126 e. The van der Waals surface area contributed by atoms with Crippen LogP contribution in [0.4, 0.5) is 4.39 Å². The van der Waals surface area contributed by atoms with E-state index in [0.717, 1.165) is 23.7 Å². The Labute approximate surface area is 91.1 Å². The lowest BCUT2D eigenvalue weighted by molar-refractivity contribution is 0.162. The molecule has 0 aromatic heterocycles. The molecule has 1 nitrogen and oxygen atoms in total. The van der Waals surface area contributed by atoms with Gasteiger partial charge in [0.1, 0.15) is 5.82 Å². The summed E-state index contributed by atoms with van der Waals surface area (Å²) < 4.78 is 14.3. The van der Waals surface area contributed by atoms with Crippen molar-refractivity contribution in [2.75, 3.05) is 0 Å². The molecule has 0 aliphatic heterocycles. The molecule has 1 saturated carbocycles. The SMILES string of the molecule is OC1CCCC1c1cc(Br)ccc1F. The summed E-state index contributed by atoms with van der Waals surface area (Å²) in [6.45, 7) is 0. The van der Waals surface area contributed by atoms with E-state index in [4.69, 9.17) is 0 Å². The summed E-state index contributed by atoms with van der Waals surface area (Å²) in [5.74, 6) is -0.230. The van der Waals surface area contributed by atoms with Gasteiger partial charge in [0.15, 0.2) is 0 Å². The zero-order valence-electron chi connectivity index (χ0n) is 7.71. The lowest BCUT2D eigenvalue weighted by atomic mass is 9.95. The molecular weight excluding hydrogens is 247 g/mol. The minimum Gasteiger partial charge on any atom is -0.392 e. The van der Waals surface area contributed by atoms with E-state index >= 15 is 0 Å². The molecule has 76 valence electrons. The second kappa shape index (κ2) is 3.99. The summed E-state index contributed by atoms with van der Waals surface area (Å²) in [6, 6.07) is 4.90. The lowest BCUT2D eigenvalue weighted by Gasteiger charge is -2.15.